The van der Waals surface area contributed by atoms with Crippen LogP contribution in [-0.2, 0) is 9.53 Å². The highest BCUT2D eigenvalue weighted by molar-refractivity contribution is 5.73. The molecule has 0 radical (unpaired) electrons. The maximum absolute atomic E-state index is 13.7. The average Bonchev–Trinajstić information content (AvgIpc) is 2.73. The highest BCUT2D eigenvalue weighted by Gasteiger charge is 2.48. The van der Waals surface area contributed by atoms with Crippen molar-refractivity contribution in [3.8, 4) is 0 Å². The lowest BCUT2D eigenvalue weighted by molar-refractivity contribution is -0.155. The first-order valence-corrected chi connectivity index (χ1v) is 5.63. The van der Waals surface area contributed by atoms with E-state index in [1.165, 1.54) is 4.98 Å². The molecule has 1 aromatic heterocycles. The van der Waals surface area contributed by atoms with Gasteiger partial charge in [-0.05, 0) is 10.6 Å². The van der Waals surface area contributed by atoms with Gasteiger partial charge in [0.15, 0.2) is 18.1 Å². The average molecular weight is 317 g/mol. The lowest BCUT2D eigenvalue weighted by atomic mass is 10.1. The Morgan fingerprint density at radius 2 is 2.05 bits per heavy atom. The molecular formula is C9H8FN5O7. The molecule has 22 heavy (non-hydrogen) atoms. The summed E-state index contributed by atoms with van der Waals surface area (Å²) in [6.45, 7) is 0. The van der Waals surface area contributed by atoms with Gasteiger partial charge in [-0.2, -0.15) is 4.39 Å². The van der Waals surface area contributed by atoms with Crippen molar-refractivity contribution in [1.29, 1.82) is 0 Å². The zero-order valence-electron chi connectivity index (χ0n) is 10.5. The predicted octanol–water partition coefficient (Wildman–Crippen LogP) is -1.68. The van der Waals surface area contributed by atoms with Crippen LogP contribution in [-0.4, -0.2) is 49.2 Å². The Balaban J connectivity index is 2.65. The van der Waals surface area contributed by atoms with Gasteiger partial charge < -0.3 is 20.1 Å². The van der Waals surface area contributed by atoms with Crippen molar-refractivity contribution < 1.29 is 29.2 Å². The van der Waals surface area contributed by atoms with Crippen molar-refractivity contribution in [2.75, 3.05) is 0 Å². The number of hydrogen-bond acceptors (Lipinski definition) is 7. The van der Waals surface area contributed by atoms with E-state index < -0.39 is 53.4 Å². The smallest absolute Gasteiger partial charge is 0.335 e. The van der Waals surface area contributed by atoms with E-state index in [-0.39, 0.29) is 4.57 Å². The van der Waals surface area contributed by atoms with Crippen LogP contribution in [0.1, 0.15) is 6.23 Å². The molecule has 0 aromatic carbocycles. The summed E-state index contributed by atoms with van der Waals surface area (Å²) < 4.78 is 18.7. The third kappa shape index (κ3) is 2.33. The van der Waals surface area contributed by atoms with Gasteiger partial charge in [0.1, 0.15) is 12.2 Å². The number of rotatable bonds is 3. The molecule has 2 rings (SSSR count). The van der Waals surface area contributed by atoms with Crippen LogP contribution in [0, 0.1) is 5.82 Å². The molecule has 13 heteroatoms. The summed E-state index contributed by atoms with van der Waals surface area (Å²) in [5.41, 5.74) is 5.57. The minimum Gasteiger partial charge on any atom is -0.479 e. The Morgan fingerprint density at radius 3 is 2.55 bits per heavy atom. The molecule has 0 aliphatic carbocycles. The van der Waals surface area contributed by atoms with Gasteiger partial charge in [-0.15, -0.1) is 0 Å². The summed E-state index contributed by atoms with van der Waals surface area (Å²) in [5, 5.41) is 31.0. The van der Waals surface area contributed by atoms with Crippen molar-refractivity contribution in [3.63, 3.8) is 0 Å². The molecule has 0 amide bonds. The number of aliphatic hydroxyl groups is 2. The maximum atomic E-state index is 13.7. The van der Waals surface area contributed by atoms with Crippen LogP contribution in [0.5, 0.6) is 0 Å². The first-order chi connectivity index (χ1) is 10.3. The largest absolute Gasteiger partial charge is 0.479 e. The standard InChI is InChI=1S/C9H8FN5O7/c10-1-5(13-14-11)15(9(21)12-6(1)18)7-3(17)2(16)4(22-7)8(19)20/h2-4,7,16-17H,(H,19,20)(H,12,18,21)/t2-,3+,4-,7+/m0/s1. The van der Waals surface area contributed by atoms with Crippen LogP contribution in [0.3, 0.4) is 0 Å². The topological polar surface area (TPSA) is 191 Å². The Morgan fingerprint density at radius 1 is 1.41 bits per heavy atom. The molecule has 1 aromatic rings. The molecule has 4 N–H and O–H groups in total. The van der Waals surface area contributed by atoms with Gasteiger partial charge in [-0.25, -0.2) is 9.59 Å². The van der Waals surface area contributed by atoms with Gasteiger partial charge in [0.05, 0.1) is 0 Å². The van der Waals surface area contributed by atoms with E-state index in [1.54, 1.807) is 0 Å². The van der Waals surface area contributed by atoms with Gasteiger partial charge in [0.2, 0.25) is 5.82 Å². The second-order valence-electron chi connectivity index (χ2n) is 4.22. The SMILES string of the molecule is [N-]=[N+]=Nc1c(F)c(=O)[nH]c(=O)n1[C@@H]1O[C@H](C(=O)O)[C@@H](O)[C@H]1O. The van der Waals surface area contributed by atoms with Crippen LogP contribution in [0.4, 0.5) is 10.2 Å². The van der Waals surface area contributed by atoms with Crippen LogP contribution in [0.15, 0.2) is 14.7 Å². The van der Waals surface area contributed by atoms with Gasteiger partial charge in [-0.1, -0.05) is 0 Å². The van der Waals surface area contributed by atoms with E-state index in [0.29, 0.717) is 0 Å². The molecule has 4 atom stereocenters. The predicted molar refractivity (Wildman–Crippen MR) is 63.6 cm³/mol. The summed E-state index contributed by atoms with van der Waals surface area (Å²) in [4.78, 5) is 37.5. The zero-order chi connectivity index (χ0) is 16.6. The van der Waals surface area contributed by atoms with E-state index in [4.69, 9.17) is 15.4 Å². The number of aliphatic carboxylic acids is 1. The molecule has 0 saturated carbocycles. The number of nitrogens with zero attached hydrogens (tertiary/aromatic N) is 4. The number of halogens is 1. The number of hydrogen-bond donors (Lipinski definition) is 4. The number of aromatic nitrogens is 2. The molecule has 2 heterocycles. The first kappa shape index (κ1) is 15.7. The number of carbonyl (C=O) groups is 1. The van der Waals surface area contributed by atoms with Crippen molar-refractivity contribution in [1.82, 2.24) is 9.55 Å². The number of carboxylic acids is 1. The number of nitrogens with one attached hydrogen (secondary N) is 1. The molecule has 0 spiro atoms. The summed E-state index contributed by atoms with van der Waals surface area (Å²) in [7, 11) is 0. The third-order valence-electron chi connectivity index (χ3n) is 2.94. The lowest BCUT2D eigenvalue weighted by Crippen LogP contribution is -2.39. The Bertz CT molecular complexity index is 782. The van der Waals surface area contributed by atoms with Crippen LogP contribution in [0.2, 0.25) is 0 Å². The monoisotopic (exact) mass is 317 g/mol. The zero-order valence-corrected chi connectivity index (χ0v) is 10.5. The molecule has 12 nitrogen and oxygen atoms in total. The maximum Gasteiger partial charge on any atom is 0.335 e. The molecule has 0 unspecified atom stereocenters. The summed E-state index contributed by atoms with van der Waals surface area (Å²) in [6, 6.07) is 0. The normalized spacial score (nSPS) is 27.4. The van der Waals surface area contributed by atoms with Gasteiger partial charge in [0, 0.05) is 4.91 Å². The number of azide groups is 1. The van der Waals surface area contributed by atoms with Crippen molar-refractivity contribution in [3.05, 3.63) is 37.1 Å². The van der Waals surface area contributed by atoms with E-state index >= 15 is 0 Å². The van der Waals surface area contributed by atoms with Gasteiger partial charge >= 0.3 is 11.7 Å². The summed E-state index contributed by atoms with van der Waals surface area (Å²) in [6.07, 6.45) is -7.66. The van der Waals surface area contributed by atoms with Gasteiger partial charge in [-0.3, -0.25) is 14.3 Å². The minimum absolute atomic E-state index is 0.216. The van der Waals surface area contributed by atoms with Crippen molar-refractivity contribution >= 4 is 11.8 Å². The minimum atomic E-state index is -1.95. The van der Waals surface area contributed by atoms with Crippen molar-refractivity contribution in [2.24, 2.45) is 5.11 Å². The molecule has 1 aliphatic heterocycles. The summed E-state index contributed by atoms with van der Waals surface area (Å²) in [5.74, 6) is -4.39. The molecule has 1 saturated heterocycles. The van der Waals surface area contributed by atoms with E-state index in [9.17, 15) is 29.0 Å². The van der Waals surface area contributed by atoms with E-state index in [1.807, 2.05) is 0 Å². The number of ether oxygens (including phenoxy) is 1. The first-order valence-electron chi connectivity index (χ1n) is 5.63. The second-order valence-corrected chi connectivity index (χ2v) is 4.22. The molecule has 1 aliphatic rings. The Kier molecular flexibility index (Phi) is 3.97. The number of H-pyrrole nitrogens is 1. The Labute approximate surface area is 118 Å². The third-order valence-corrected chi connectivity index (χ3v) is 2.94. The van der Waals surface area contributed by atoms with Crippen LogP contribution in [0.25, 0.3) is 10.4 Å². The fraction of sp³-hybridized carbons (Fsp3) is 0.444. The highest BCUT2D eigenvalue weighted by Crippen LogP contribution is 2.31. The molecule has 118 valence electrons. The number of aliphatic hydroxyl groups excluding tert-OH is 2. The number of carboxylic acid groups (broad SMARTS) is 1. The quantitative estimate of drug-likeness (QED) is 0.290. The van der Waals surface area contributed by atoms with E-state index in [0.717, 1.165) is 0 Å². The molecule has 0 bridgehead atoms. The molecular weight excluding hydrogens is 309 g/mol. The molecule has 1 fully saturated rings. The van der Waals surface area contributed by atoms with Crippen LogP contribution >= 0.6 is 0 Å². The Hall–Kier alpha value is -2.73. The van der Waals surface area contributed by atoms with Gasteiger partial charge in [0.25, 0.3) is 5.56 Å². The van der Waals surface area contributed by atoms with E-state index in [2.05, 4.69) is 10.0 Å². The fourth-order valence-corrected chi connectivity index (χ4v) is 1.96. The number of aromatic amines is 1. The fourth-order valence-electron chi connectivity index (χ4n) is 1.96. The lowest BCUT2D eigenvalue weighted by Gasteiger charge is -2.19. The van der Waals surface area contributed by atoms with Crippen LogP contribution < -0.4 is 11.2 Å². The second kappa shape index (κ2) is 5.57. The van der Waals surface area contributed by atoms with Crippen molar-refractivity contribution in [2.45, 2.75) is 24.5 Å². The summed E-state index contributed by atoms with van der Waals surface area (Å²) >= 11 is 0. The highest BCUT2D eigenvalue weighted by atomic mass is 19.1.